The number of hydrogen-bond donors (Lipinski definition) is 1. The number of nitrogens with zero attached hydrogens (tertiary/aromatic N) is 2. The molecule has 0 spiro atoms. The van der Waals surface area contributed by atoms with Crippen molar-refractivity contribution in [1.82, 2.24) is 9.97 Å². The number of aryl methyl sites for hydroxylation is 1. The van der Waals surface area contributed by atoms with E-state index in [4.69, 9.17) is 4.98 Å². The van der Waals surface area contributed by atoms with Gasteiger partial charge in [-0.25, -0.2) is 18.7 Å². The van der Waals surface area contributed by atoms with Crippen LogP contribution in [-0.2, 0) is 11.2 Å². The predicted molar refractivity (Wildman–Crippen MR) is 119 cm³/mol. The van der Waals surface area contributed by atoms with Gasteiger partial charge in [-0.1, -0.05) is 42.1 Å². The SMILES string of the molecule is Cc1ccc(NC(=O)CSc2nc3ccccc3nc2Cc2ccc(F)cc2)cc1F. The van der Waals surface area contributed by atoms with Crippen LogP contribution in [0.15, 0.2) is 71.8 Å². The summed E-state index contributed by atoms with van der Waals surface area (Å²) in [4.78, 5) is 21.8. The van der Waals surface area contributed by atoms with Crippen LogP contribution < -0.4 is 5.32 Å². The summed E-state index contributed by atoms with van der Waals surface area (Å²) in [6.07, 6.45) is 0.464. The maximum absolute atomic E-state index is 13.7. The van der Waals surface area contributed by atoms with Gasteiger partial charge in [-0.15, -0.1) is 0 Å². The third-order valence-electron chi connectivity index (χ3n) is 4.69. The molecule has 0 saturated carbocycles. The molecule has 0 fully saturated rings. The standard InChI is InChI=1S/C24H19F2N3OS/c1-15-6-11-18(13-19(15)26)27-23(30)14-31-24-22(12-16-7-9-17(25)10-8-16)28-20-4-2-3-5-21(20)29-24/h2-11,13H,12,14H2,1H3,(H,27,30). The second kappa shape index (κ2) is 9.22. The highest BCUT2D eigenvalue weighted by molar-refractivity contribution is 8.00. The van der Waals surface area contributed by atoms with Gasteiger partial charge in [0.1, 0.15) is 16.7 Å². The molecule has 0 aliphatic carbocycles. The van der Waals surface area contributed by atoms with Crippen molar-refractivity contribution in [3.05, 3.63) is 95.2 Å². The van der Waals surface area contributed by atoms with Crippen LogP contribution in [-0.4, -0.2) is 21.6 Å². The van der Waals surface area contributed by atoms with Crippen molar-refractivity contribution >= 4 is 34.4 Å². The van der Waals surface area contributed by atoms with E-state index in [-0.39, 0.29) is 23.3 Å². The Labute approximate surface area is 182 Å². The Morgan fingerprint density at radius 1 is 0.968 bits per heavy atom. The molecule has 1 heterocycles. The minimum absolute atomic E-state index is 0.0962. The molecule has 4 aromatic rings. The van der Waals surface area contributed by atoms with Crippen LogP contribution in [0.1, 0.15) is 16.8 Å². The molecule has 4 nitrogen and oxygen atoms in total. The van der Waals surface area contributed by atoms with Gasteiger partial charge in [0.05, 0.1) is 22.5 Å². The Morgan fingerprint density at radius 3 is 2.39 bits per heavy atom. The highest BCUT2D eigenvalue weighted by Gasteiger charge is 2.13. The van der Waals surface area contributed by atoms with E-state index in [1.165, 1.54) is 30.0 Å². The summed E-state index contributed by atoms with van der Waals surface area (Å²) in [6, 6.07) is 18.3. The molecular formula is C24H19F2N3OS. The number of anilines is 1. The molecule has 0 aliphatic heterocycles. The number of thioether (sulfide) groups is 1. The second-order valence-corrected chi connectivity index (χ2v) is 8.03. The molecular weight excluding hydrogens is 416 g/mol. The van der Waals surface area contributed by atoms with E-state index in [1.807, 2.05) is 24.3 Å². The summed E-state index contributed by atoms with van der Waals surface area (Å²) in [6.45, 7) is 1.66. The molecule has 156 valence electrons. The third kappa shape index (κ3) is 5.24. The van der Waals surface area contributed by atoms with Crippen LogP contribution in [0.4, 0.5) is 14.5 Å². The molecule has 0 radical (unpaired) electrons. The molecule has 4 rings (SSSR count). The van der Waals surface area contributed by atoms with Crippen LogP contribution in [0.2, 0.25) is 0 Å². The minimum atomic E-state index is -0.368. The molecule has 3 aromatic carbocycles. The Morgan fingerprint density at radius 2 is 1.68 bits per heavy atom. The van der Waals surface area contributed by atoms with Gasteiger partial charge in [0, 0.05) is 12.1 Å². The fraction of sp³-hybridized carbons (Fsp3) is 0.125. The van der Waals surface area contributed by atoms with Crippen molar-refractivity contribution in [2.75, 3.05) is 11.1 Å². The van der Waals surface area contributed by atoms with Crippen LogP contribution in [0, 0.1) is 18.6 Å². The number of para-hydroxylation sites is 2. The quantitative estimate of drug-likeness (QED) is 0.404. The van der Waals surface area contributed by atoms with Crippen molar-refractivity contribution < 1.29 is 13.6 Å². The number of benzene rings is 3. The Bertz CT molecular complexity index is 1250. The first-order valence-corrected chi connectivity index (χ1v) is 10.7. The predicted octanol–water partition coefficient (Wildman–Crippen LogP) is 5.54. The number of aromatic nitrogens is 2. The van der Waals surface area contributed by atoms with Gasteiger partial charge in [-0.05, 0) is 54.4 Å². The zero-order chi connectivity index (χ0) is 21.8. The molecule has 0 unspecified atom stereocenters. The van der Waals surface area contributed by atoms with Gasteiger partial charge in [-0.3, -0.25) is 4.79 Å². The maximum Gasteiger partial charge on any atom is 0.234 e. The lowest BCUT2D eigenvalue weighted by atomic mass is 10.1. The van der Waals surface area contributed by atoms with Crippen LogP contribution in [0.3, 0.4) is 0 Å². The lowest BCUT2D eigenvalue weighted by molar-refractivity contribution is -0.113. The van der Waals surface area contributed by atoms with Crippen molar-refractivity contribution in [2.45, 2.75) is 18.4 Å². The highest BCUT2D eigenvalue weighted by Crippen LogP contribution is 2.25. The van der Waals surface area contributed by atoms with E-state index < -0.39 is 0 Å². The van der Waals surface area contributed by atoms with E-state index >= 15 is 0 Å². The molecule has 1 aromatic heterocycles. The molecule has 1 amide bonds. The van der Waals surface area contributed by atoms with Crippen LogP contribution in [0.25, 0.3) is 11.0 Å². The number of fused-ring (bicyclic) bond motifs is 1. The second-order valence-electron chi connectivity index (χ2n) is 7.07. The molecule has 0 atom stereocenters. The number of halogens is 2. The summed E-state index contributed by atoms with van der Waals surface area (Å²) in [7, 11) is 0. The Balaban J connectivity index is 1.54. The first kappa shape index (κ1) is 20.9. The maximum atomic E-state index is 13.7. The number of amides is 1. The third-order valence-corrected chi connectivity index (χ3v) is 5.69. The number of carbonyl (C=O) groups excluding carboxylic acids is 1. The molecule has 31 heavy (non-hydrogen) atoms. The van der Waals surface area contributed by atoms with E-state index in [0.29, 0.717) is 28.4 Å². The first-order chi connectivity index (χ1) is 15.0. The van der Waals surface area contributed by atoms with E-state index in [9.17, 15) is 13.6 Å². The summed E-state index contributed by atoms with van der Waals surface area (Å²) in [5.41, 5.74) is 4.02. The Hall–Kier alpha value is -3.32. The van der Waals surface area contributed by atoms with Gasteiger partial charge < -0.3 is 5.32 Å². The minimum Gasteiger partial charge on any atom is -0.325 e. The number of hydrogen-bond acceptors (Lipinski definition) is 4. The van der Waals surface area contributed by atoms with Gasteiger partial charge in [0.25, 0.3) is 0 Å². The van der Waals surface area contributed by atoms with Crippen molar-refractivity contribution in [2.24, 2.45) is 0 Å². The van der Waals surface area contributed by atoms with Crippen molar-refractivity contribution in [3.8, 4) is 0 Å². The molecule has 7 heteroatoms. The van der Waals surface area contributed by atoms with Crippen LogP contribution in [0.5, 0.6) is 0 Å². The molecule has 0 saturated heterocycles. The first-order valence-electron chi connectivity index (χ1n) is 9.67. The van der Waals surface area contributed by atoms with E-state index in [0.717, 1.165) is 16.6 Å². The zero-order valence-electron chi connectivity index (χ0n) is 16.7. The zero-order valence-corrected chi connectivity index (χ0v) is 17.5. The summed E-state index contributed by atoms with van der Waals surface area (Å²) in [5.74, 6) is -0.839. The van der Waals surface area contributed by atoms with Gasteiger partial charge in [0.15, 0.2) is 0 Å². The van der Waals surface area contributed by atoms with Crippen molar-refractivity contribution in [3.63, 3.8) is 0 Å². The highest BCUT2D eigenvalue weighted by atomic mass is 32.2. The van der Waals surface area contributed by atoms with Crippen LogP contribution >= 0.6 is 11.8 Å². The molecule has 0 aliphatic rings. The fourth-order valence-electron chi connectivity index (χ4n) is 3.05. The van der Waals surface area contributed by atoms with Gasteiger partial charge in [0.2, 0.25) is 5.91 Å². The normalized spacial score (nSPS) is 10.9. The average Bonchev–Trinajstić information content (AvgIpc) is 2.76. The lowest BCUT2D eigenvalue weighted by Gasteiger charge is -2.10. The van der Waals surface area contributed by atoms with Gasteiger partial charge in [-0.2, -0.15) is 0 Å². The average molecular weight is 435 g/mol. The smallest absolute Gasteiger partial charge is 0.234 e. The monoisotopic (exact) mass is 435 g/mol. The number of nitrogens with one attached hydrogen (secondary N) is 1. The number of carbonyl (C=O) groups is 1. The van der Waals surface area contributed by atoms with Crippen molar-refractivity contribution in [1.29, 1.82) is 0 Å². The van der Waals surface area contributed by atoms with Gasteiger partial charge >= 0.3 is 0 Å². The largest absolute Gasteiger partial charge is 0.325 e. The summed E-state index contributed by atoms with van der Waals surface area (Å²) < 4.78 is 27.0. The molecule has 1 N–H and O–H groups in total. The fourth-order valence-corrected chi connectivity index (χ4v) is 3.84. The topological polar surface area (TPSA) is 54.9 Å². The lowest BCUT2D eigenvalue weighted by Crippen LogP contribution is -2.14. The summed E-state index contributed by atoms with van der Waals surface area (Å²) >= 11 is 1.27. The van der Waals surface area contributed by atoms with E-state index in [1.54, 1.807) is 31.2 Å². The van der Waals surface area contributed by atoms with E-state index in [2.05, 4.69) is 10.3 Å². The summed E-state index contributed by atoms with van der Waals surface area (Å²) in [5, 5.41) is 3.34. The number of rotatable bonds is 6. The molecule has 0 bridgehead atoms. The Kier molecular flexibility index (Phi) is 6.23.